The van der Waals surface area contributed by atoms with Crippen LogP contribution in [0.2, 0.25) is 0 Å². The minimum Gasteiger partial charge on any atom is -0.369 e. The predicted molar refractivity (Wildman–Crippen MR) is 158 cm³/mol. The summed E-state index contributed by atoms with van der Waals surface area (Å²) in [5, 5.41) is 1.33. The first-order valence-corrected chi connectivity index (χ1v) is 13.9. The predicted octanol–water partition coefficient (Wildman–Crippen LogP) is 9.54. The van der Waals surface area contributed by atoms with E-state index < -0.39 is 0 Å². The van der Waals surface area contributed by atoms with Gasteiger partial charge in [0, 0.05) is 39.9 Å². The lowest BCUT2D eigenvalue weighted by molar-refractivity contribution is 0.881. The highest BCUT2D eigenvalue weighted by Crippen LogP contribution is 2.55. The molecule has 0 N–H and O–H groups in total. The number of hydrogen-bond acceptors (Lipinski definition) is 3. The lowest BCUT2D eigenvalue weighted by atomic mass is 9.96. The van der Waals surface area contributed by atoms with Crippen LogP contribution in [-0.2, 0) is 0 Å². The number of benzene rings is 2. The number of aryl methyl sites for hydroxylation is 2. The van der Waals surface area contributed by atoms with Gasteiger partial charge in [0.15, 0.2) is 0 Å². The molecular weight excluding hydrogens is 462 g/mol. The fourth-order valence-electron chi connectivity index (χ4n) is 5.20. The van der Waals surface area contributed by atoms with E-state index in [-0.39, 0.29) is 0 Å². The Morgan fingerprint density at radius 3 is 1.60 bits per heavy atom. The molecule has 0 fully saturated rings. The third-order valence-electron chi connectivity index (χ3n) is 6.72. The van der Waals surface area contributed by atoms with Gasteiger partial charge in [-0.15, -0.1) is 22.7 Å². The highest BCUT2D eigenvalue weighted by atomic mass is 32.1. The minimum atomic E-state index is 0.529. The number of nitrogens with zero attached hydrogens (tertiary/aromatic N) is 1. The van der Waals surface area contributed by atoms with Gasteiger partial charge in [-0.05, 0) is 71.7 Å². The maximum absolute atomic E-state index is 2.43. The topological polar surface area (TPSA) is 3.24 Å². The molecule has 0 saturated heterocycles. The van der Waals surface area contributed by atoms with Gasteiger partial charge < -0.3 is 4.90 Å². The number of thiophene rings is 2. The average molecular weight is 496 g/mol. The summed E-state index contributed by atoms with van der Waals surface area (Å²) in [5.41, 5.74) is 11.1. The van der Waals surface area contributed by atoms with Crippen LogP contribution in [0.15, 0.2) is 72.8 Å². The van der Waals surface area contributed by atoms with E-state index in [4.69, 9.17) is 0 Å². The Labute approximate surface area is 218 Å². The second kappa shape index (κ2) is 9.64. The molecule has 4 aromatic rings. The van der Waals surface area contributed by atoms with E-state index in [9.17, 15) is 0 Å². The Hall–Kier alpha value is -2.88. The van der Waals surface area contributed by atoms with Gasteiger partial charge in [-0.2, -0.15) is 0 Å². The molecule has 0 radical (unpaired) electrons. The normalized spacial score (nSPS) is 13.9. The molecule has 0 unspecified atom stereocenters. The minimum absolute atomic E-state index is 0.529. The third-order valence-corrected chi connectivity index (χ3v) is 9.70. The molecule has 2 heterocycles. The van der Waals surface area contributed by atoms with Crippen LogP contribution >= 0.6 is 22.7 Å². The maximum Gasteiger partial charge on any atom is 0.0939 e. The van der Waals surface area contributed by atoms with Gasteiger partial charge in [0.25, 0.3) is 0 Å². The SMILES string of the molecule is Cc1cc(C2=C(c3ccccc3)CC(c3ccccc3)=C2c2cc(C)c(N(C)C)s2)sc1C(C)C. The van der Waals surface area contributed by atoms with Gasteiger partial charge in [0.1, 0.15) is 0 Å². The zero-order valence-electron chi connectivity index (χ0n) is 21.5. The first-order chi connectivity index (χ1) is 16.8. The quantitative estimate of drug-likeness (QED) is 0.257. The standard InChI is InChI=1S/C32H33NS2/c1-20(2)31-21(3)17-27(34-31)29-25(23-13-9-7-10-14-23)19-26(24-15-11-8-12-16-24)30(29)28-18-22(4)32(35-28)33(5)6/h7-18,20H,19H2,1-6H3. The lowest BCUT2D eigenvalue weighted by Gasteiger charge is -2.12. The van der Waals surface area contributed by atoms with Crippen molar-refractivity contribution in [1.29, 1.82) is 0 Å². The monoisotopic (exact) mass is 495 g/mol. The van der Waals surface area contributed by atoms with Crippen LogP contribution in [0.1, 0.15) is 63.1 Å². The van der Waals surface area contributed by atoms with Crippen molar-refractivity contribution >= 4 is 50.0 Å². The van der Waals surface area contributed by atoms with Crippen LogP contribution in [0.5, 0.6) is 0 Å². The van der Waals surface area contributed by atoms with Crippen molar-refractivity contribution in [3.63, 3.8) is 0 Å². The average Bonchev–Trinajstić information content (AvgIpc) is 3.54. The van der Waals surface area contributed by atoms with Crippen molar-refractivity contribution in [1.82, 2.24) is 0 Å². The molecule has 35 heavy (non-hydrogen) atoms. The molecule has 0 aliphatic heterocycles. The fourth-order valence-corrected chi connectivity index (χ4v) is 7.63. The van der Waals surface area contributed by atoms with Gasteiger partial charge in [-0.1, -0.05) is 74.5 Å². The summed E-state index contributed by atoms with van der Waals surface area (Å²) in [6.45, 7) is 9.12. The molecule has 0 saturated carbocycles. The Kier molecular flexibility index (Phi) is 6.57. The zero-order valence-corrected chi connectivity index (χ0v) is 23.1. The molecular formula is C32H33NS2. The Morgan fingerprint density at radius 1 is 0.686 bits per heavy atom. The molecule has 2 aromatic heterocycles. The zero-order chi connectivity index (χ0) is 24.7. The molecule has 2 aromatic carbocycles. The molecule has 1 aliphatic rings. The number of rotatable bonds is 6. The van der Waals surface area contributed by atoms with Crippen LogP contribution in [-0.4, -0.2) is 14.1 Å². The summed E-state index contributed by atoms with van der Waals surface area (Å²) < 4.78 is 0. The second-order valence-corrected chi connectivity index (χ2v) is 12.0. The third kappa shape index (κ3) is 4.44. The van der Waals surface area contributed by atoms with E-state index in [1.165, 1.54) is 64.2 Å². The van der Waals surface area contributed by atoms with Crippen molar-refractivity contribution in [3.05, 3.63) is 110 Å². The van der Waals surface area contributed by atoms with Gasteiger partial charge in [0.05, 0.1) is 5.00 Å². The summed E-state index contributed by atoms with van der Waals surface area (Å²) in [7, 11) is 4.29. The molecule has 5 rings (SSSR count). The van der Waals surface area contributed by atoms with E-state index in [0.717, 1.165) is 6.42 Å². The Balaban J connectivity index is 1.82. The van der Waals surface area contributed by atoms with Crippen LogP contribution in [0, 0.1) is 13.8 Å². The number of hydrogen-bond donors (Lipinski definition) is 0. The Morgan fingerprint density at radius 2 is 1.17 bits per heavy atom. The molecule has 1 nitrogen and oxygen atoms in total. The number of allylic oxidation sites excluding steroid dienone is 4. The van der Waals surface area contributed by atoms with Crippen LogP contribution in [0.3, 0.4) is 0 Å². The van der Waals surface area contributed by atoms with Gasteiger partial charge >= 0.3 is 0 Å². The van der Waals surface area contributed by atoms with E-state index in [1.807, 2.05) is 22.7 Å². The lowest BCUT2D eigenvalue weighted by Crippen LogP contribution is -2.07. The molecule has 0 atom stereocenters. The van der Waals surface area contributed by atoms with E-state index in [0.29, 0.717) is 5.92 Å². The van der Waals surface area contributed by atoms with E-state index in [1.54, 1.807) is 0 Å². The first-order valence-electron chi connectivity index (χ1n) is 12.3. The van der Waals surface area contributed by atoms with Gasteiger partial charge in [-0.25, -0.2) is 0 Å². The fraction of sp³-hybridized carbons (Fsp3) is 0.250. The molecule has 178 valence electrons. The van der Waals surface area contributed by atoms with Gasteiger partial charge in [0.2, 0.25) is 0 Å². The highest BCUT2D eigenvalue weighted by Gasteiger charge is 2.31. The van der Waals surface area contributed by atoms with Gasteiger partial charge in [-0.3, -0.25) is 0 Å². The second-order valence-electron chi connectivity index (χ2n) is 9.92. The first kappa shape index (κ1) is 23.8. The molecule has 0 bridgehead atoms. The van der Waals surface area contributed by atoms with E-state index >= 15 is 0 Å². The van der Waals surface area contributed by atoms with Crippen LogP contribution in [0.25, 0.3) is 22.3 Å². The number of anilines is 1. The molecule has 1 aliphatic carbocycles. The van der Waals surface area contributed by atoms with Crippen molar-refractivity contribution in [2.45, 2.75) is 40.0 Å². The van der Waals surface area contributed by atoms with Crippen molar-refractivity contribution in [2.75, 3.05) is 19.0 Å². The summed E-state index contributed by atoms with van der Waals surface area (Å²) in [6.07, 6.45) is 0.945. The summed E-state index contributed by atoms with van der Waals surface area (Å²) >= 11 is 3.89. The molecule has 0 amide bonds. The smallest absolute Gasteiger partial charge is 0.0939 e. The maximum atomic E-state index is 2.43. The summed E-state index contributed by atoms with van der Waals surface area (Å²) in [4.78, 5) is 6.49. The Bertz CT molecular complexity index is 1300. The molecule has 0 spiro atoms. The molecule has 3 heteroatoms. The summed E-state index contributed by atoms with van der Waals surface area (Å²) in [5.74, 6) is 0.529. The summed E-state index contributed by atoms with van der Waals surface area (Å²) in [6, 6.07) is 26.8. The van der Waals surface area contributed by atoms with Crippen LogP contribution in [0.4, 0.5) is 5.00 Å². The van der Waals surface area contributed by atoms with Crippen LogP contribution < -0.4 is 4.90 Å². The van der Waals surface area contributed by atoms with Crippen molar-refractivity contribution in [2.24, 2.45) is 0 Å². The van der Waals surface area contributed by atoms with E-state index in [2.05, 4.69) is 119 Å². The van der Waals surface area contributed by atoms with Crippen molar-refractivity contribution in [3.8, 4) is 0 Å². The highest BCUT2D eigenvalue weighted by molar-refractivity contribution is 7.18. The largest absolute Gasteiger partial charge is 0.369 e. The van der Waals surface area contributed by atoms with Crippen molar-refractivity contribution < 1.29 is 0 Å².